The Hall–Kier alpha value is -5.10. The third kappa shape index (κ3) is 3.59. The van der Waals surface area contributed by atoms with Gasteiger partial charge in [0.15, 0.2) is 0 Å². The third-order valence-electron chi connectivity index (χ3n) is 5.52. The molecule has 1 amide bonds. The average Bonchev–Trinajstić information content (AvgIpc) is 3.49. The molecule has 0 fully saturated rings. The predicted octanol–water partition coefficient (Wildman–Crippen LogP) is 3.23. The minimum absolute atomic E-state index is 0.112. The number of primary amides is 1. The van der Waals surface area contributed by atoms with Gasteiger partial charge in [0, 0.05) is 41.7 Å². The van der Waals surface area contributed by atoms with Crippen LogP contribution in [-0.2, 0) is 11.8 Å². The van der Waals surface area contributed by atoms with Gasteiger partial charge in [0.25, 0.3) is 0 Å². The lowest BCUT2D eigenvalue weighted by molar-refractivity contribution is -0.112. The van der Waals surface area contributed by atoms with Gasteiger partial charge in [0.2, 0.25) is 5.91 Å². The molecular weight excluding hydrogens is 428 g/mol. The van der Waals surface area contributed by atoms with Gasteiger partial charge in [-0.05, 0) is 11.6 Å². The van der Waals surface area contributed by atoms with Crippen molar-refractivity contribution in [2.45, 2.75) is 0 Å². The SMILES string of the molecule is C=C(C(N)=O)c1cnc(-c2ccc(-c3cc(-c4cnn(C)c4)cn4ncc(C#N)c34)cc2)cn1. The van der Waals surface area contributed by atoms with Crippen LogP contribution in [0.15, 0.2) is 74.1 Å². The number of carbonyl (C=O) groups is 1. The lowest BCUT2D eigenvalue weighted by atomic mass is 9.98. The molecule has 0 atom stereocenters. The molecule has 9 nitrogen and oxygen atoms in total. The van der Waals surface area contributed by atoms with Gasteiger partial charge in [-0.3, -0.25) is 19.4 Å². The van der Waals surface area contributed by atoms with E-state index in [0.29, 0.717) is 17.0 Å². The average molecular weight is 446 g/mol. The molecule has 0 aliphatic heterocycles. The summed E-state index contributed by atoms with van der Waals surface area (Å²) >= 11 is 0. The van der Waals surface area contributed by atoms with Crippen molar-refractivity contribution in [1.82, 2.24) is 29.4 Å². The summed E-state index contributed by atoms with van der Waals surface area (Å²) in [5.41, 5.74) is 12.1. The Kier molecular flexibility index (Phi) is 4.96. The van der Waals surface area contributed by atoms with Gasteiger partial charge in [-0.25, -0.2) is 4.52 Å². The summed E-state index contributed by atoms with van der Waals surface area (Å²) in [5.74, 6) is -0.636. The third-order valence-corrected chi connectivity index (χ3v) is 5.52. The van der Waals surface area contributed by atoms with E-state index >= 15 is 0 Å². The molecular formula is C25H18N8O. The standard InChI is InChI=1S/C25H18N8O/c1-15(25(27)34)22-11-29-23(12-28-22)17-5-3-16(4-6-17)21-7-18(20-10-30-32(2)13-20)14-33-24(21)19(8-26)9-31-33/h3-7,9-14H,1H2,2H3,(H2,27,34). The monoisotopic (exact) mass is 446 g/mol. The quantitative estimate of drug-likeness (QED) is 0.413. The molecule has 0 unspecified atom stereocenters. The maximum absolute atomic E-state index is 11.3. The molecule has 0 bridgehead atoms. The first-order valence-corrected chi connectivity index (χ1v) is 10.3. The van der Waals surface area contributed by atoms with Crippen LogP contribution in [0.5, 0.6) is 0 Å². The van der Waals surface area contributed by atoms with E-state index in [1.54, 1.807) is 27.8 Å². The molecule has 0 spiro atoms. The smallest absolute Gasteiger partial charge is 0.250 e. The Bertz CT molecular complexity index is 1600. The van der Waals surface area contributed by atoms with Crippen LogP contribution in [0.2, 0.25) is 0 Å². The van der Waals surface area contributed by atoms with Crippen LogP contribution < -0.4 is 5.73 Å². The highest BCUT2D eigenvalue weighted by atomic mass is 16.1. The number of hydrogen-bond acceptors (Lipinski definition) is 6. The first-order valence-electron chi connectivity index (χ1n) is 10.3. The molecule has 0 saturated heterocycles. The number of nitrogens with two attached hydrogens (primary N) is 1. The molecule has 164 valence electrons. The number of nitriles is 1. The van der Waals surface area contributed by atoms with Crippen molar-refractivity contribution in [1.29, 1.82) is 5.26 Å². The number of hydrogen-bond donors (Lipinski definition) is 1. The van der Waals surface area contributed by atoms with Crippen molar-refractivity contribution in [2.24, 2.45) is 12.8 Å². The summed E-state index contributed by atoms with van der Waals surface area (Å²) in [6, 6.07) is 12.0. The fourth-order valence-corrected chi connectivity index (χ4v) is 3.73. The van der Waals surface area contributed by atoms with Crippen LogP contribution in [-0.4, -0.2) is 35.3 Å². The summed E-state index contributed by atoms with van der Waals surface area (Å²) in [6.45, 7) is 3.62. The van der Waals surface area contributed by atoms with E-state index < -0.39 is 5.91 Å². The summed E-state index contributed by atoms with van der Waals surface area (Å²) in [6.07, 6.45) is 10.2. The fourth-order valence-electron chi connectivity index (χ4n) is 3.73. The van der Waals surface area contributed by atoms with Crippen molar-refractivity contribution in [3.63, 3.8) is 0 Å². The lowest BCUT2D eigenvalue weighted by Gasteiger charge is -2.10. The lowest BCUT2D eigenvalue weighted by Crippen LogP contribution is -2.13. The molecule has 34 heavy (non-hydrogen) atoms. The number of fused-ring (bicyclic) bond motifs is 1. The van der Waals surface area contributed by atoms with Gasteiger partial charge in [-0.15, -0.1) is 0 Å². The molecule has 4 heterocycles. The van der Waals surface area contributed by atoms with Crippen molar-refractivity contribution in [2.75, 3.05) is 0 Å². The van der Waals surface area contributed by atoms with E-state index in [1.165, 1.54) is 6.20 Å². The Morgan fingerprint density at radius 3 is 2.35 bits per heavy atom. The van der Waals surface area contributed by atoms with E-state index in [0.717, 1.165) is 33.3 Å². The fraction of sp³-hybridized carbons (Fsp3) is 0.0400. The van der Waals surface area contributed by atoms with E-state index in [-0.39, 0.29) is 5.57 Å². The minimum atomic E-state index is -0.636. The minimum Gasteiger partial charge on any atom is -0.366 e. The summed E-state index contributed by atoms with van der Waals surface area (Å²) in [4.78, 5) is 19.9. The van der Waals surface area contributed by atoms with E-state index in [1.807, 2.05) is 49.8 Å². The first kappa shape index (κ1) is 20.8. The summed E-state index contributed by atoms with van der Waals surface area (Å²) in [5, 5.41) is 18.2. The number of amides is 1. The molecule has 0 saturated carbocycles. The Morgan fingerprint density at radius 2 is 1.74 bits per heavy atom. The van der Waals surface area contributed by atoms with Gasteiger partial charge < -0.3 is 5.73 Å². The van der Waals surface area contributed by atoms with E-state index in [2.05, 4.69) is 32.8 Å². The van der Waals surface area contributed by atoms with Crippen molar-refractivity contribution >= 4 is 17.0 Å². The van der Waals surface area contributed by atoms with Crippen LogP contribution >= 0.6 is 0 Å². The second-order valence-electron chi connectivity index (χ2n) is 7.72. The maximum Gasteiger partial charge on any atom is 0.250 e. The molecule has 5 rings (SSSR count). The number of carbonyl (C=O) groups excluding carboxylic acids is 1. The second-order valence-corrected chi connectivity index (χ2v) is 7.72. The number of aromatic nitrogens is 6. The normalized spacial score (nSPS) is 10.8. The highest BCUT2D eigenvalue weighted by Crippen LogP contribution is 2.33. The van der Waals surface area contributed by atoms with Gasteiger partial charge in [-0.2, -0.15) is 15.5 Å². The molecule has 1 aromatic carbocycles. The molecule has 0 aliphatic carbocycles. The number of pyridine rings is 1. The van der Waals surface area contributed by atoms with Crippen LogP contribution in [0.4, 0.5) is 0 Å². The number of benzene rings is 1. The molecule has 0 aliphatic rings. The Labute approximate surface area is 194 Å². The zero-order valence-electron chi connectivity index (χ0n) is 18.2. The van der Waals surface area contributed by atoms with Crippen molar-refractivity contribution in [3.05, 3.63) is 85.3 Å². The number of rotatable bonds is 5. The van der Waals surface area contributed by atoms with Crippen LogP contribution in [0.3, 0.4) is 0 Å². The van der Waals surface area contributed by atoms with Crippen LogP contribution in [0.25, 0.3) is 44.6 Å². The van der Waals surface area contributed by atoms with E-state index in [4.69, 9.17) is 5.73 Å². The topological polar surface area (TPSA) is 128 Å². The van der Waals surface area contributed by atoms with Gasteiger partial charge in [0.1, 0.15) is 6.07 Å². The zero-order chi connectivity index (χ0) is 23.8. The molecule has 2 N–H and O–H groups in total. The highest BCUT2D eigenvalue weighted by molar-refractivity contribution is 6.17. The van der Waals surface area contributed by atoms with Crippen LogP contribution in [0.1, 0.15) is 11.3 Å². The molecule has 5 aromatic rings. The molecule has 0 radical (unpaired) electrons. The zero-order valence-corrected chi connectivity index (χ0v) is 18.2. The molecule has 4 aromatic heterocycles. The summed E-state index contributed by atoms with van der Waals surface area (Å²) < 4.78 is 3.46. The molecule has 9 heteroatoms. The van der Waals surface area contributed by atoms with Gasteiger partial charge in [-0.1, -0.05) is 30.8 Å². The maximum atomic E-state index is 11.3. The van der Waals surface area contributed by atoms with Crippen molar-refractivity contribution < 1.29 is 4.79 Å². The Balaban J connectivity index is 1.56. The van der Waals surface area contributed by atoms with E-state index in [9.17, 15) is 10.1 Å². The second kappa shape index (κ2) is 8.11. The summed E-state index contributed by atoms with van der Waals surface area (Å²) in [7, 11) is 1.86. The number of nitrogens with zero attached hydrogens (tertiary/aromatic N) is 7. The van der Waals surface area contributed by atoms with Crippen molar-refractivity contribution in [3.8, 4) is 39.6 Å². The number of aryl methyl sites for hydroxylation is 1. The Morgan fingerprint density at radius 1 is 0.971 bits per heavy atom. The highest BCUT2D eigenvalue weighted by Gasteiger charge is 2.15. The van der Waals surface area contributed by atoms with Gasteiger partial charge in [0.05, 0.1) is 52.8 Å². The first-order chi connectivity index (χ1) is 16.4. The van der Waals surface area contributed by atoms with Gasteiger partial charge >= 0.3 is 0 Å². The van der Waals surface area contributed by atoms with Crippen LogP contribution in [0, 0.1) is 11.3 Å². The largest absolute Gasteiger partial charge is 0.366 e. The predicted molar refractivity (Wildman–Crippen MR) is 127 cm³/mol.